The topological polar surface area (TPSA) is 35.6 Å². The maximum absolute atomic E-state index is 13.4. The molecule has 0 aromatic heterocycles. The van der Waals surface area contributed by atoms with Crippen LogP contribution in [0.15, 0.2) is 72.8 Å². The van der Waals surface area contributed by atoms with Crippen molar-refractivity contribution in [2.75, 3.05) is 34.8 Å². The Labute approximate surface area is 194 Å². The van der Waals surface area contributed by atoms with Crippen molar-refractivity contribution in [3.8, 4) is 0 Å². The second kappa shape index (κ2) is 8.66. The molecule has 0 aliphatic carbocycles. The number of nitrogens with one attached hydrogen (secondary N) is 1. The molecule has 1 amide bonds. The summed E-state index contributed by atoms with van der Waals surface area (Å²) in [5.41, 5.74) is 2.03. The average molecular weight is 469 g/mol. The van der Waals surface area contributed by atoms with Crippen LogP contribution in [0.2, 0.25) is 0 Å². The van der Waals surface area contributed by atoms with Crippen molar-refractivity contribution in [2.45, 2.75) is 18.6 Å². The van der Waals surface area contributed by atoms with E-state index in [0.29, 0.717) is 30.9 Å². The quantitative estimate of drug-likeness (QED) is 0.526. The van der Waals surface area contributed by atoms with Gasteiger partial charge >= 0.3 is 6.18 Å². The van der Waals surface area contributed by atoms with Crippen LogP contribution in [-0.2, 0) is 17.4 Å². The van der Waals surface area contributed by atoms with Gasteiger partial charge in [0.25, 0.3) is 0 Å². The third-order valence-corrected chi connectivity index (χ3v) is 6.61. The number of hydrogen-bond donors (Lipinski definition) is 1. The number of carbonyl (C=O) groups excluding carboxylic acids is 1. The van der Waals surface area contributed by atoms with Crippen LogP contribution in [0.5, 0.6) is 0 Å². The number of piperazine rings is 1. The lowest BCUT2D eigenvalue weighted by atomic mass is 9.82. The van der Waals surface area contributed by atoms with Crippen molar-refractivity contribution >= 4 is 23.0 Å². The molecule has 1 saturated heterocycles. The lowest BCUT2D eigenvalue weighted by Crippen LogP contribution is -2.60. The molecule has 3 aromatic rings. The van der Waals surface area contributed by atoms with Crippen LogP contribution >= 0.6 is 0 Å². The summed E-state index contributed by atoms with van der Waals surface area (Å²) in [4.78, 5) is 17.6. The fourth-order valence-electron chi connectivity index (χ4n) is 4.94. The van der Waals surface area contributed by atoms with E-state index in [0.717, 1.165) is 23.5 Å². The molecule has 0 spiro atoms. The summed E-state index contributed by atoms with van der Waals surface area (Å²) in [6.07, 6.45) is -4.26. The zero-order valence-electron chi connectivity index (χ0n) is 18.2. The molecule has 2 atom stereocenters. The highest BCUT2D eigenvalue weighted by molar-refractivity contribution is 5.94. The minimum absolute atomic E-state index is 0.191. The number of fused-ring (bicyclic) bond motifs is 3. The van der Waals surface area contributed by atoms with Gasteiger partial charge in [0.2, 0.25) is 5.91 Å². The van der Waals surface area contributed by atoms with Gasteiger partial charge < -0.3 is 15.1 Å². The number of halogens is 4. The first-order chi connectivity index (χ1) is 16.3. The van der Waals surface area contributed by atoms with Gasteiger partial charge in [-0.1, -0.05) is 18.2 Å². The molecule has 3 aromatic carbocycles. The fraction of sp³-hybridized carbons (Fsp3) is 0.269. The molecule has 2 aliphatic rings. The van der Waals surface area contributed by atoms with Gasteiger partial charge in [0, 0.05) is 36.7 Å². The molecule has 1 N–H and O–H groups in total. The van der Waals surface area contributed by atoms with Crippen LogP contribution in [0.3, 0.4) is 0 Å². The largest absolute Gasteiger partial charge is 0.416 e. The van der Waals surface area contributed by atoms with E-state index in [1.165, 1.54) is 30.3 Å². The first-order valence-corrected chi connectivity index (χ1v) is 11.1. The number of nitrogens with zero attached hydrogens (tertiary/aromatic N) is 2. The molecular formula is C26H23F4N3O. The van der Waals surface area contributed by atoms with Crippen molar-refractivity contribution in [3.05, 3.63) is 89.7 Å². The molecular weight excluding hydrogens is 446 g/mol. The van der Waals surface area contributed by atoms with Gasteiger partial charge in [0.05, 0.1) is 17.5 Å². The summed E-state index contributed by atoms with van der Waals surface area (Å²) in [6.45, 7) is 1.83. The van der Waals surface area contributed by atoms with E-state index in [9.17, 15) is 22.4 Å². The molecule has 5 rings (SSSR count). The Morgan fingerprint density at radius 1 is 0.941 bits per heavy atom. The lowest BCUT2D eigenvalue weighted by Gasteiger charge is -2.49. The van der Waals surface area contributed by atoms with Crippen LogP contribution in [0.4, 0.5) is 34.6 Å². The van der Waals surface area contributed by atoms with E-state index in [4.69, 9.17) is 0 Å². The molecule has 0 radical (unpaired) electrons. The van der Waals surface area contributed by atoms with Crippen molar-refractivity contribution in [1.29, 1.82) is 0 Å². The van der Waals surface area contributed by atoms with Gasteiger partial charge in [-0.3, -0.25) is 4.79 Å². The number of para-hydroxylation sites is 1. The summed E-state index contributed by atoms with van der Waals surface area (Å²) in [5.74, 6) is -1.28. The number of anilines is 3. The third kappa shape index (κ3) is 4.32. The molecule has 2 unspecified atom stereocenters. The fourth-order valence-corrected chi connectivity index (χ4v) is 4.94. The summed E-state index contributed by atoms with van der Waals surface area (Å²) in [7, 11) is 0. The van der Waals surface area contributed by atoms with Crippen LogP contribution in [0.25, 0.3) is 0 Å². The standard InChI is InChI=1S/C26H23F4N3O/c27-19-7-9-20(10-8-19)31-25(34)22-15-17-14-18(26(28,29)30)6-11-23(17)33-13-12-32(16-24(22)33)21-4-2-1-3-5-21/h1-11,14,22,24H,12-13,15-16H2,(H,31,34). The highest BCUT2D eigenvalue weighted by Gasteiger charge is 2.42. The molecule has 8 heteroatoms. The molecule has 176 valence electrons. The Kier molecular flexibility index (Phi) is 5.67. The average Bonchev–Trinajstić information content (AvgIpc) is 2.84. The summed E-state index contributed by atoms with van der Waals surface area (Å²) >= 11 is 0. The van der Waals surface area contributed by atoms with E-state index in [1.807, 2.05) is 30.3 Å². The van der Waals surface area contributed by atoms with Crippen LogP contribution < -0.4 is 15.1 Å². The number of rotatable bonds is 3. The number of benzene rings is 3. The zero-order chi connectivity index (χ0) is 23.9. The second-order valence-electron chi connectivity index (χ2n) is 8.69. The molecule has 2 aliphatic heterocycles. The van der Waals surface area contributed by atoms with Crippen LogP contribution in [0.1, 0.15) is 11.1 Å². The first-order valence-electron chi connectivity index (χ1n) is 11.1. The van der Waals surface area contributed by atoms with E-state index >= 15 is 0 Å². The normalized spacial score (nSPS) is 19.9. The minimum atomic E-state index is -4.45. The number of alkyl halides is 3. The highest BCUT2D eigenvalue weighted by Crippen LogP contribution is 2.40. The van der Waals surface area contributed by atoms with Gasteiger partial charge in [-0.25, -0.2) is 4.39 Å². The molecule has 34 heavy (non-hydrogen) atoms. The van der Waals surface area contributed by atoms with Gasteiger partial charge in [-0.15, -0.1) is 0 Å². The van der Waals surface area contributed by atoms with Crippen molar-refractivity contribution < 1.29 is 22.4 Å². The van der Waals surface area contributed by atoms with E-state index in [1.54, 1.807) is 0 Å². The molecule has 4 nitrogen and oxygen atoms in total. The number of hydrogen-bond acceptors (Lipinski definition) is 3. The third-order valence-electron chi connectivity index (χ3n) is 6.61. The Hall–Kier alpha value is -3.55. The van der Waals surface area contributed by atoms with Crippen LogP contribution in [0, 0.1) is 11.7 Å². The number of amides is 1. The Balaban J connectivity index is 1.48. The molecule has 2 heterocycles. The van der Waals surface area contributed by atoms with E-state index in [2.05, 4.69) is 15.1 Å². The monoisotopic (exact) mass is 469 g/mol. The highest BCUT2D eigenvalue weighted by atomic mass is 19.4. The maximum atomic E-state index is 13.4. The van der Waals surface area contributed by atoms with Gasteiger partial charge in [0.15, 0.2) is 0 Å². The smallest absolute Gasteiger partial charge is 0.368 e. The summed E-state index contributed by atoms with van der Waals surface area (Å²) in [6, 6.07) is 18.9. The minimum Gasteiger partial charge on any atom is -0.368 e. The predicted octanol–water partition coefficient (Wildman–Crippen LogP) is 5.35. The zero-order valence-corrected chi connectivity index (χ0v) is 18.2. The van der Waals surface area contributed by atoms with Gasteiger partial charge in [-0.2, -0.15) is 13.2 Å². The first kappa shape index (κ1) is 22.3. The molecule has 0 saturated carbocycles. The van der Waals surface area contributed by atoms with E-state index in [-0.39, 0.29) is 18.4 Å². The van der Waals surface area contributed by atoms with Crippen LogP contribution in [-0.4, -0.2) is 31.6 Å². The van der Waals surface area contributed by atoms with E-state index < -0.39 is 23.5 Å². The SMILES string of the molecule is O=C(Nc1ccc(F)cc1)C1Cc2cc(C(F)(F)F)ccc2N2CCN(c3ccccc3)CC12. The lowest BCUT2D eigenvalue weighted by molar-refractivity contribution is -0.137. The summed E-state index contributed by atoms with van der Waals surface area (Å²) in [5, 5.41) is 2.83. The van der Waals surface area contributed by atoms with Crippen molar-refractivity contribution in [2.24, 2.45) is 5.92 Å². The van der Waals surface area contributed by atoms with Crippen molar-refractivity contribution in [3.63, 3.8) is 0 Å². The molecule has 0 bridgehead atoms. The van der Waals surface area contributed by atoms with Gasteiger partial charge in [0.1, 0.15) is 5.82 Å². The Bertz CT molecular complexity index is 1180. The Morgan fingerprint density at radius 3 is 2.38 bits per heavy atom. The maximum Gasteiger partial charge on any atom is 0.416 e. The predicted molar refractivity (Wildman–Crippen MR) is 123 cm³/mol. The second-order valence-corrected chi connectivity index (χ2v) is 8.69. The van der Waals surface area contributed by atoms with Crippen molar-refractivity contribution in [1.82, 2.24) is 0 Å². The summed E-state index contributed by atoms with van der Waals surface area (Å²) < 4.78 is 53.4. The number of carbonyl (C=O) groups is 1. The Morgan fingerprint density at radius 2 is 1.68 bits per heavy atom. The molecule has 1 fully saturated rings. The van der Waals surface area contributed by atoms with Gasteiger partial charge in [-0.05, 0) is 66.6 Å².